The van der Waals surface area contributed by atoms with Crippen LogP contribution in [0.5, 0.6) is 11.5 Å². The van der Waals surface area contributed by atoms with Crippen molar-refractivity contribution in [2.24, 2.45) is 0 Å². The zero-order valence-corrected chi connectivity index (χ0v) is 11.7. The van der Waals surface area contributed by atoms with Crippen LogP contribution in [0.25, 0.3) is 0 Å². The molecule has 0 bridgehead atoms. The van der Waals surface area contributed by atoms with Gasteiger partial charge in [-0.15, -0.1) is 0 Å². The number of pyridine rings is 1. The molecule has 0 aliphatic rings. The van der Waals surface area contributed by atoms with Crippen LogP contribution < -0.4 is 10.5 Å². The molecule has 5 nitrogen and oxygen atoms in total. The number of nitrogen functional groups attached to an aromatic ring is 1. The Balaban J connectivity index is 2.50. The minimum atomic E-state index is -1.35. The summed E-state index contributed by atoms with van der Waals surface area (Å²) in [4.78, 5) is 15.6. The normalized spacial score (nSPS) is 10.4. The van der Waals surface area contributed by atoms with Crippen molar-refractivity contribution in [1.29, 1.82) is 0 Å². The summed E-state index contributed by atoms with van der Waals surface area (Å²) >= 11 is 0. The lowest BCUT2D eigenvalue weighted by Crippen LogP contribution is -2.07. The maximum Gasteiger partial charge on any atom is 0.341 e. The Labute approximate surface area is 121 Å². The van der Waals surface area contributed by atoms with Crippen molar-refractivity contribution in [2.75, 3.05) is 5.73 Å². The van der Waals surface area contributed by atoms with E-state index in [1.54, 1.807) is 12.1 Å². The molecule has 1 aromatic carbocycles. The van der Waals surface area contributed by atoms with E-state index in [1.165, 1.54) is 6.07 Å². The standard InChI is InChI=1S/C15H15FN2O3/c1-3-10-11(6-4-8(2)18-10)21-12-7-5-9(16)14(17)13(12)15(19)20/h4-7H,3,17H2,1-2H3,(H,19,20). The SMILES string of the molecule is CCc1nc(C)ccc1Oc1ccc(F)c(N)c1C(=O)O. The first-order chi connectivity index (χ1) is 9.93. The van der Waals surface area contributed by atoms with E-state index in [2.05, 4.69) is 4.98 Å². The highest BCUT2D eigenvalue weighted by Gasteiger charge is 2.20. The number of nitrogens with two attached hydrogens (primary N) is 1. The van der Waals surface area contributed by atoms with E-state index < -0.39 is 23.0 Å². The number of carboxylic acid groups (broad SMARTS) is 1. The van der Waals surface area contributed by atoms with Crippen molar-refractivity contribution >= 4 is 11.7 Å². The second-order valence-corrected chi connectivity index (χ2v) is 4.49. The van der Waals surface area contributed by atoms with Gasteiger partial charge in [0.05, 0.1) is 11.4 Å². The third-order valence-corrected chi connectivity index (χ3v) is 2.99. The van der Waals surface area contributed by atoms with Crippen LogP contribution in [0.3, 0.4) is 0 Å². The molecule has 0 aliphatic carbocycles. The molecule has 110 valence electrons. The summed E-state index contributed by atoms with van der Waals surface area (Å²) in [6.07, 6.45) is 0.621. The largest absolute Gasteiger partial charge is 0.477 e. The van der Waals surface area contributed by atoms with Gasteiger partial charge in [0.25, 0.3) is 0 Å². The van der Waals surface area contributed by atoms with Gasteiger partial charge in [0, 0.05) is 5.69 Å². The number of hydrogen-bond acceptors (Lipinski definition) is 4. The van der Waals surface area contributed by atoms with Gasteiger partial charge in [0.1, 0.15) is 22.9 Å². The van der Waals surface area contributed by atoms with Crippen LogP contribution in [0.2, 0.25) is 0 Å². The van der Waals surface area contributed by atoms with Gasteiger partial charge < -0.3 is 15.6 Å². The number of ether oxygens (including phenoxy) is 1. The van der Waals surface area contributed by atoms with E-state index in [0.29, 0.717) is 17.9 Å². The van der Waals surface area contributed by atoms with Crippen LogP contribution in [0.15, 0.2) is 24.3 Å². The summed E-state index contributed by atoms with van der Waals surface area (Å²) in [5.41, 5.74) is 6.16. The number of anilines is 1. The number of carboxylic acids is 1. The molecule has 0 radical (unpaired) electrons. The third kappa shape index (κ3) is 2.94. The molecule has 0 spiro atoms. The molecule has 1 heterocycles. The van der Waals surface area contributed by atoms with Crippen LogP contribution in [-0.4, -0.2) is 16.1 Å². The number of hydrogen-bond donors (Lipinski definition) is 2. The average Bonchev–Trinajstić information content (AvgIpc) is 2.44. The molecule has 0 saturated carbocycles. The second kappa shape index (κ2) is 5.78. The van der Waals surface area contributed by atoms with E-state index >= 15 is 0 Å². The monoisotopic (exact) mass is 290 g/mol. The molecule has 0 unspecified atom stereocenters. The summed E-state index contributed by atoms with van der Waals surface area (Å²) in [7, 11) is 0. The summed E-state index contributed by atoms with van der Waals surface area (Å²) in [5.74, 6) is -1.73. The maximum atomic E-state index is 13.4. The van der Waals surface area contributed by atoms with Gasteiger partial charge in [0.15, 0.2) is 0 Å². The lowest BCUT2D eigenvalue weighted by molar-refractivity contribution is 0.0695. The van der Waals surface area contributed by atoms with Gasteiger partial charge in [-0.3, -0.25) is 4.98 Å². The second-order valence-electron chi connectivity index (χ2n) is 4.49. The molecule has 2 rings (SSSR count). The lowest BCUT2D eigenvalue weighted by atomic mass is 10.1. The highest BCUT2D eigenvalue weighted by molar-refractivity contribution is 5.97. The number of aromatic carboxylic acids is 1. The summed E-state index contributed by atoms with van der Waals surface area (Å²) in [6.45, 7) is 3.76. The topological polar surface area (TPSA) is 85.4 Å². The summed E-state index contributed by atoms with van der Waals surface area (Å²) in [5, 5.41) is 9.18. The maximum absolute atomic E-state index is 13.4. The minimum Gasteiger partial charge on any atom is -0.477 e. The molecule has 0 fully saturated rings. The highest BCUT2D eigenvalue weighted by Crippen LogP contribution is 2.32. The molecule has 0 amide bonds. The van der Waals surface area contributed by atoms with Crippen LogP contribution in [0, 0.1) is 12.7 Å². The predicted molar refractivity (Wildman–Crippen MR) is 76.2 cm³/mol. The molecule has 0 saturated heterocycles. The number of aromatic nitrogens is 1. The number of halogens is 1. The Morgan fingerprint density at radius 3 is 2.62 bits per heavy atom. The Kier molecular flexibility index (Phi) is 4.07. The van der Waals surface area contributed by atoms with Gasteiger partial charge in [-0.05, 0) is 37.6 Å². The van der Waals surface area contributed by atoms with Gasteiger partial charge >= 0.3 is 5.97 Å². The molecule has 0 aliphatic heterocycles. The molecule has 6 heteroatoms. The Bertz CT molecular complexity index is 702. The van der Waals surface area contributed by atoms with Crippen LogP contribution >= 0.6 is 0 Å². The number of rotatable bonds is 4. The first-order valence-electron chi connectivity index (χ1n) is 6.39. The third-order valence-electron chi connectivity index (χ3n) is 2.99. The fourth-order valence-electron chi connectivity index (χ4n) is 1.94. The van der Waals surface area contributed by atoms with Crippen molar-refractivity contribution in [3.8, 4) is 11.5 Å². The van der Waals surface area contributed by atoms with Gasteiger partial charge in [0.2, 0.25) is 0 Å². The van der Waals surface area contributed by atoms with Crippen LogP contribution in [0.4, 0.5) is 10.1 Å². The quantitative estimate of drug-likeness (QED) is 0.845. The zero-order valence-electron chi connectivity index (χ0n) is 11.7. The first kappa shape index (κ1) is 14.8. The van der Waals surface area contributed by atoms with Crippen molar-refractivity contribution in [2.45, 2.75) is 20.3 Å². The van der Waals surface area contributed by atoms with Crippen LogP contribution in [0.1, 0.15) is 28.7 Å². The van der Waals surface area contributed by atoms with E-state index in [0.717, 1.165) is 11.8 Å². The van der Waals surface area contributed by atoms with E-state index in [1.807, 2.05) is 13.8 Å². The fourth-order valence-corrected chi connectivity index (χ4v) is 1.94. The first-order valence-corrected chi connectivity index (χ1v) is 6.39. The van der Waals surface area contributed by atoms with Gasteiger partial charge in [-0.2, -0.15) is 0 Å². The van der Waals surface area contributed by atoms with Crippen molar-refractivity contribution in [1.82, 2.24) is 4.98 Å². The molecule has 21 heavy (non-hydrogen) atoms. The zero-order chi connectivity index (χ0) is 15.6. The molecule has 3 N–H and O–H groups in total. The smallest absolute Gasteiger partial charge is 0.341 e. The molecule has 1 aromatic heterocycles. The minimum absolute atomic E-state index is 0.0123. The number of benzene rings is 1. The van der Waals surface area contributed by atoms with Crippen molar-refractivity contribution in [3.63, 3.8) is 0 Å². The average molecular weight is 290 g/mol. The van der Waals surface area contributed by atoms with Gasteiger partial charge in [-0.1, -0.05) is 6.92 Å². The Morgan fingerprint density at radius 2 is 2.00 bits per heavy atom. The van der Waals surface area contributed by atoms with Gasteiger partial charge in [-0.25, -0.2) is 9.18 Å². The molecule has 2 aromatic rings. The van der Waals surface area contributed by atoms with Crippen molar-refractivity contribution in [3.05, 3.63) is 47.0 Å². The summed E-state index contributed by atoms with van der Waals surface area (Å²) in [6, 6.07) is 5.77. The van der Waals surface area contributed by atoms with E-state index in [9.17, 15) is 14.3 Å². The fraction of sp³-hybridized carbons (Fsp3) is 0.200. The Hall–Kier alpha value is -2.63. The summed E-state index contributed by atoms with van der Waals surface area (Å²) < 4.78 is 19.0. The Morgan fingerprint density at radius 1 is 1.33 bits per heavy atom. The van der Waals surface area contributed by atoms with Crippen molar-refractivity contribution < 1.29 is 19.0 Å². The molecular weight excluding hydrogens is 275 g/mol. The number of nitrogens with zero attached hydrogens (tertiary/aromatic N) is 1. The number of aryl methyl sites for hydroxylation is 2. The number of carbonyl (C=O) groups is 1. The highest BCUT2D eigenvalue weighted by atomic mass is 19.1. The van der Waals surface area contributed by atoms with E-state index in [-0.39, 0.29) is 5.75 Å². The predicted octanol–water partition coefficient (Wildman–Crippen LogP) is 3.16. The lowest BCUT2D eigenvalue weighted by Gasteiger charge is -2.13. The molecule has 0 atom stereocenters. The molecular formula is C15H15FN2O3. The van der Waals surface area contributed by atoms with Crippen LogP contribution in [-0.2, 0) is 6.42 Å². The van der Waals surface area contributed by atoms with E-state index in [4.69, 9.17) is 10.5 Å².